The number of nitro groups is 1. The van der Waals surface area contributed by atoms with E-state index in [2.05, 4.69) is 12.2 Å². The van der Waals surface area contributed by atoms with E-state index >= 15 is 0 Å². The Labute approximate surface area is 129 Å². The molecule has 0 saturated heterocycles. The standard InChI is InChI=1S/C14H20Cl2N2O2/c1-2-3-4-5-6-7-8-17-14-12(15)9-11(18(19)20)10-13(14)16/h9-10,17H,2-8H2,1H3. The number of nitro benzene ring substituents is 1. The lowest BCUT2D eigenvalue weighted by molar-refractivity contribution is -0.384. The average molecular weight is 319 g/mol. The second-order valence-electron chi connectivity index (χ2n) is 4.74. The maximum atomic E-state index is 10.7. The van der Waals surface area contributed by atoms with Crippen LogP contribution in [-0.2, 0) is 0 Å². The molecule has 1 N–H and O–H groups in total. The SMILES string of the molecule is CCCCCCCCNc1c(Cl)cc([N+](=O)[O-])cc1Cl. The number of unbranched alkanes of at least 4 members (excludes halogenated alkanes) is 5. The van der Waals surface area contributed by atoms with Gasteiger partial charge in [0.1, 0.15) is 0 Å². The molecule has 20 heavy (non-hydrogen) atoms. The van der Waals surface area contributed by atoms with Gasteiger partial charge in [0.25, 0.3) is 5.69 Å². The molecule has 6 heteroatoms. The minimum atomic E-state index is -0.505. The zero-order valence-electron chi connectivity index (χ0n) is 11.6. The van der Waals surface area contributed by atoms with Crippen molar-refractivity contribution in [3.63, 3.8) is 0 Å². The molecule has 1 aromatic rings. The molecule has 0 unspecified atom stereocenters. The molecule has 1 aromatic carbocycles. The van der Waals surface area contributed by atoms with Crippen molar-refractivity contribution in [2.24, 2.45) is 0 Å². The molecule has 0 aromatic heterocycles. The van der Waals surface area contributed by atoms with E-state index in [9.17, 15) is 10.1 Å². The zero-order valence-corrected chi connectivity index (χ0v) is 13.1. The molecule has 0 radical (unpaired) electrons. The molecule has 0 fully saturated rings. The van der Waals surface area contributed by atoms with Gasteiger partial charge < -0.3 is 5.32 Å². The third-order valence-corrected chi connectivity index (χ3v) is 3.67. The van der Waals surface area contributed by atoms with Crippen LogP contribution in [0.2, 0.25) is 10.0 Å². The van der Waals surface area contributed by atoms with Crippen LogP contribution in [0.4, 0.5) is 11.4 Å². The van der Waals surface area contributed by atoms with Crippen molar-refractivity contribution in [2.45, 2.75) is 45.4 Å². The summed E-state index contributed by atoms with van der Waals surface area (Å²) in [6, 6.07) is 2.63. The second kappa shape index (κ2) is 9.03. The summed E-state index contributed by atoms with van der Waals surface area (Å²) in [6.45, 7) is 2.96. The van der Waals surface area contributed by atoms with Crippen molar-refractivity contribution >= 4 is 34.6 Å². The number of benzene rings is 1. The highest BCUT2D eigenvalue weighted by Gasteiger charge is 2.13. The van der Waals surface area contributed by atoms with E-state index in [0.717, 1.165) is 19.4 Å². The van der Waals surface area contributed by atoms with Crippen LogP contribution in [0.15, 0.2) is 12.1 Å². The van der Waals surface area contributed by atoms with E-state index < -0.39 is 4.92 Å². The van der Waals surface area contributed by atoms with Gasteiger partial charge in [-0.2, -0.15) is 0 Å². The number of rotatable bonds is 9. The van der Waals surface area contributed by atoms with Gasteiger partial charge in [-0.15, -0.1) is 0 Å². The van der Waals surface area contributed by atoms with Gasteiger partial charge in [-0.1, -0.05) is 62.2 Å². The van der Waals surface area contributed by atoms with E-state index in [0.29, 0.717) is 5.69 Å². The van der Waals surface area contributed by atoms with Crippen LogP contribution in [0.3, 0.4) is 0 Å². The largest absolute Gasteiger partial charge is 0.383 e. The maximum absolute atomic E-state index is 10.7. The Hall–Kier alpha value is -1.00. The van der Waals surface area contributed by atoms with Crippen molar-refractivity contribution in [3.05, 3.63) is 32.3 Å². The molecule has 112 valence electrons. The fourth-order valence-electron chi connectivity index (χ4n) is 1.95. The molecule has 4 nitrogen and oxygen atoms in total. The Morgan fingerprint density at radius 2 is 1.65 bits per heavy atom. The highest BCUT2D eigenvalue weighted by atomic mass is 35.5. The Morgan fingerprint density at radius 3 is 2.20 bits per heavy atom. The summed E-state index contributed by atoms with van der Waals surface area (Å²) in [5, 5.41) is 14.4. The molecule has 1 rings (SSSR count). The van der Waals surface area contributed by atoms with Crippen LogP contribution >= 0.6 is 23.2 Å². The van der Waals surface area contributed by atoms with Crippen molar-refractivity contribution < 1.29 is 4.92 Å². The molecular weight excluding hydrogens is 299 g/mol. The predicted molar refractivity (Wildman–Crippen MR) is 85.0 cm³/mol. The van der Waals surface area contributed by atoms with Gasteiger partial charge in [0.05, 0.1) is 20.7 Å². The summed E-state index contributed by atoms with van der Waals surface area (Å²) in [5.74, 6) is 0. The van der Waals surface area contributed by atoms with E-state index in [4.69, 9.17) is 23.2 Å². The molecule has 0 spiro atoms. The number of anilines is 1. The van der Waals surface area contributed by atoms with Gasteiger partial charge >= 0.3 is 0 Å². The number of hydrogen-bond donors (Lipinski definition) is 1. The summed E-state index contributed by atoms with van der Waals surface area (Å²) in [5.41, 5.74) is 0.484. The van der Waals surface area contributed by atoms with Crippen molar-refractivity contribution in [1.82, 2.24) is 0 Å². The first-order valence-corrected chi connectivity index (χ1v) is 7.69. The lowest BCUT2D eigenvalue weighted by Gasteiger charge is -2.10. The van der Waals surface area contributed by atoms with Crippen LogP contribution in [0.25, 0.3) is 0 Å². The van der Waals surface area contributed by atoms with Crippen LogP contribution in [0.5, 0.6) is 0 Å². The highest BCUT2D eigenvalue weighted by Crippen LogP contribution is 2.34. The second-order valence-corrected chi connectivity index (χ2v) is 5.55. The molecule has 0 saturated carbocycles. The third kappa shape index (κ3) is 5.55. The lowest BCUT2D eigenvalue weighted by Crippen LogP contribution is -2.03. The Morgan fingerprint density at radius 1 is 1.10 bits per heavy atom. The Kier molecular flexibility index (Phi) is 7.70. The number of nitrogens with zero attached hydrogens (tertiary/aromatic N) is 1. The fraction of sp³-hybridized carbons (Fsp3) is 0.571. The number of halogens is 2. The monoisotopic (exact) mass is 318 g/mol. The first-order valence-electron chi connectivity index (χ1n) is 6.93. The van der Waals surface area contributed by atoms with Gasteiger partial charge in [-0.3, -0.25) is 10.1 Å². The van der Waals surface area contributed by atoms with Gasteiger partial charge in [-0.25, -0.2) is 0 Å². The minimum Gasteiger partial charge on any atom is -0.383 e. The molecular formula is C14H20Cl2N2O2. The van der Waals surface area contributed by atoms with Crippen LogP contribution in [0, 0.1) is 10.1 Å². The summed E-state index contributed by atoms with van der Waals surface area (Å²) in [6.07, 6.45) is 7.23. The van der Waals surface area contributed by atoms with E-state index in [1.54, 1.807) is 0 Å². The normalized spacial score (nSPS) is 10.6. The first-order chi connectivity index (χ1) is 9.56. The maximum Gasteiger partial charge on any atom is 0.272 e. The third-order valence-electron chi connectivity index (χ3n) is 3.07. The van der Waals surface area contributed by atoms with Crippen LogP contribution in [-0.4, -0.2) is 11.5 Å². The van der Waals surface area contributed by atoms with Gasteiger partial charge in [-0.05, 0) is 6.42 Å². The summed E-state index contributed by atoms with van der Waals surface area (Å²) in [4.78, 5) is 10.2. The van der Waals surface area contributed by atoms with Crippen LogP contribution < -0.4 is 5.32 Å². The first kappa shape index (κ1) is 17.1. The molecule has 0 heterocycles. The Bertz CT molecular complexity index is 430. The highest BCUT2D eigenvalue weighted by molar-refractivity contribution is 6.39. The molecule has 0 aliphatic carbocycles. The summed E-state index contributed by atoms with van der Waals surface area (Å²) < 4.78 is 0. The van der Waals surface area contributed by atoms with Gasteiger partial charge in [0.15, 0.2) is 0 Å². The van der Waals surface area contributed by atoms with E-state index in [1.807, 2.05) is 0 Å². The molecule has 0 aliphatic rings. The fourth-order valence-corrected chi connectivity index (χ4v) is 2.56. The smallest absolute Gasteiger partial charge is 0.272 e. The van der Waals surface area contributed by atoms with Gasteiger partial charge in [0.2, 0.25) is 0 Å². The van der Waals surface area contributed by atoms with Crippen molar-refractivity contribution in [3.8, 4) is 0 Å². The lowest BCUT2D eigenvalue weighted by atomic mass is 10.1. The quantitative estimate of drug-likeness (QED) is 0.362. The minimum absolute atomic E-state index is 0.0925. The number of hydrogen-bond acceptors (Lipinski definition) is 3. The van der Waals surface area contributed by atoms with Crippen molar-refractivity contribution in [1.29, 1.82) is 0 Å². The van der Waals surface area contributed by atoms with E-state index in [1.165, 1.54) is 37.8 Å². The van der Waals surface area contributed by atoms with E-state index in [-0.39, 0.29) is 15.7 Å². The van der Waals surface area contributed by atoms with Crippen LogP contribution in [0.1, 0.15) is 45.4 Å². The molecule has 0 amide bonds. The number of nitrogens with one attached hydrogen (secondary N) is 1. The summed E-state index contributed by atoms with van der Waals surface area (Å²) in [7, 11) is 0. The Balaban J connectivity index is 2.42. The van der Waals surface area contributed by atoms with Crippen molar-refractivity contribution in [2.75, 3.05) is 11.9 Å². The summed E-state index contributed by atoms with van der Waals surface area (Å²) >= 11 is 12.0. The predicted octanol–water partition coefficient (Wildman–Crippen LogP) is 5.67. The number of non-ortho nitro benzene ring substituents is 1. The molecule has 0 atom stereocenters. The van der Waals surface area contributed by atoms with Gasteiger partial charge in [0, 0.05) is 18.7 Å². The zero-order chi connectivity index (χ0) is 15.0. The average Bonchev–Trinajstić information content (AvgIpc) is 2.40. The topological polar surface area (TPSA) is 55.2 Å². The molecule has 0 bridgehead atoms. The molecule has 0 aliphatic heterocycles.